The number of unbranched alkanes of at least 4 members (excludes halogenated alkanes) is 9. The van der Waals surface area contributed by atoms with Gasteiger partial charge in [0.1, 0.15) is 0 Å². The third kappa shape index (κ3) is 13.0. The number of hydrogen-bond donors (Lipinski definition) is 3. The zero-order valence-corrected chi connectivity index (χ0v) is 23.4. The molecule has 9 nitrogen and oxygen atoms in total. The van der Waals surface area contributed by atoms with E-state index in [1.807, 2.05) is 14.7 Å². The maximum atomic E-state index is 9.76. The molecule has 0 aliphatic carbocycles. The topological polar surface area (TPSA) is 109 Å². The lowest BCUT2D eigenvalue weighted by Gasteiger charge is -2.29. The molecule has 0 aliphatic heterocycles. The maximum absolute atomic E-state index is 9.76. The van der Waals surface area contributed by atoms with Crippen LogP contribution in [0.1, 0.15) is 97.8 Å². The number of nitrogens with zero attached hydrogens (tertiary/aromatic N) is 6. The lowest BCUT2D eigenvalue weighted by Crippen LogP contribution is -2.36. The second-order valence-electron chi connectivity index (χ2n) is 9.55. The van der Waals surface area contributed by atoms with Gasteiger partial charge in [-0.1, -0.05) is 78.6 Å². The van der Waals surface area contributed by atoms with Crippen LogP contribution in [0.15, 0.2) is 0 Å². The van der Waals surface area contributed by atoms with E-state index in [0.717, 1.165) is 58.2 Å². The number of rotatable bonds is 24. The predicted octanol–water partition coefficient (Wildman–Crippen LogP) is 4.01. The molecule has 3 N–H and O–H groups in total. The first-order valence-electron chi connectivity index (χ1n) is 14.5. The first kappa shape index (κ1) is 32.3. The molecule has 0 spiro atoms. The van der Waals surface area contributed by atoms with E-state index in [0.29, 0.717) is 37.5 Å². The Morgan fingerprint density at radius 1 is 0.417 bits per heavy atom. The van der Waals surface area contributed by atoms with Crippen molar-refractivity contribution in [2.75, 3.05) is 73.8 Å². The lowest BCUT2D eigenvalue weighted by atomic mass is 10.2. The molecule has 0 aromatic carbocycles. The molecular formula is C27H54N6O3. The van der Waals surface area contributed by atoms with Crippen molar-refractivity contribution in [2.24, 2.45) is 0 Å². The van der Waals surface area contributed by atoms with E-state index in [4.69, 9.17) is 15.0 Å². The van der Waals surface area contributed by atoms with Crippen LogP contribution in [0.5, 0.6) is 0 Å². The standard InChI is InChI=1S/C27H54N6O3/c1-4-7-10-13-16-31(19-22-34)25-28-26(32(20-23-35)17-14-11-8-5-2)30-27(29-25)33(21-24-36)18-15-12-9-6-3/h34-36H,4-24H2,1-3H3. The van der Waals surface area contributed by atoms with Gasteiger partial charge in [-0.2, -0.15) is 15.0 Å². The molecule has 0 radical (unpaired) electrons. The van der Waals surface area contributed by atoms with Gasteiger partial charge in [0.25, 0.3) is 0 Å². The minimum absolute atomic E-state index is 0.0267. The fourth-order valence-electron chi connectivity index (χ4n) is 4.25. The molecule has 210 valence electrons. The number of hydrogen-bond acceptors (Lipinski definition) is 9. The van der Waals surface area contributed by atoms with Crippen LogP contribution in [-0.2, 0) is 0 Å². The van der Waals surface area contributed by atoms with E-state index in [1.165, 1.54) is 38.5 Å². The second-order valence-corrected chi connectivity index (χ2v) is 9.55. The largest absolute Gasteiger partial charge is 0.395 e. The van der Waals surface area contributed by atoms with Crippen LogP contribution >= 0.6 is 0 Å². The van der Waals surface area contributed by atoms with Crippen molar-refractivity contribution in [3.63, 3.8) is 0 Å². The number of aliphatic hydroxyl groups is 3. The van der Waals surface area contributed by atoms with Gasteiger partial charge in [-0.05, 0) is 19.3 Å². The van der Waals surface area contributed by atoms with Crippen molar-refractivity contribution in [2.45, 2.75) is 97.8 Å². The van der Waals surface area contributed by atoms with Crippen LogP contribution in [0, 0.1) is 0 Å². The first-order valence-corrected chi connectivity index (χ1v) is 14.5. The third-order valence-electron chi connectivity index (χ3n) is 6.40. The van der Waals surface area contributed by atoms with Gasteiger partial charge in [0.05, 0.1) is 19.8 Å². The molecular weight excluding hydrogens is 456 g/mol. The van der Waals surface area contributed by atoms with Gasteiger partial charge >= 0.3 is 0 Å². The van der Waals surface area contributed by atoms with Crippen LogP contribution in [0.25, 0.3) is 0 Å². The summed E-state index contributed by atoms with van der Waals surface area (Å²) in [7, 11) is 0. The summed E-state index contributed by atoms with van der Waals surface area (Å²) in [6.45, 7) is 10.4. The van der Waals surface area contributed by atoms with E-state index in [2.05, 4.69) is 20.8 Å². The highest BCUT2D eigenvalue weighted by molar-refractivity contribution is 5.46. The minimum Gasteiger partial charge on any atom is -0.395 e. The molecule has 1 rings (SSSR count). The predicted molar refractivity (Wildman–Crippen MR) is 150 cm³/mol. The Balaban J connectivity index is 3.30. The zero-order chi connectivity index (χ0) is 26.4. The van der Waals surface area contributed by atoms with Gasteiger partial charge in [0, 0.05) is 39.3 Å². The Bertz CT molecular complexity index is 554. The highest BCUT2D eigenvalue weighted by Crippen LogP contribution is 2.21. The molecule has 0 saturated heterocycles. The fourth-order valence-corrected chi connectivity index (χ4v) is 4.25. The second kappa shape index (κ2) is 21.4. The first-order chi connectivity index (χ1) is 17.6. The number of aromatic nitrogens is 3. The smallest absolute Gasteiger partial charge is 0.232 e. The highest BCUT2D eigenvalue weighted by atomic mass is 16.3. The van der Waals surface area contributed by atoms with Crippen LogP contribution in [-0.4, -0.2) is 89.4 Å². The Hall–Kier alpha value is -1.71. The summed E-state index contributed by atoms with van der Waals surface area (Å²) in [6, 6.07) is 0. The Morgan fingerprint density at radius 3 is 0.917 bits per heavy atom. The molecule has 0 saturated carbocycles. The summed E-state index contributed by atoms with van der Waals surface area (Å²) in [5.74, 6) is 1.69. The van der Waals surface area contributed by atoms with Gasteiger partial charge in [-0.25, -0.2) is 0 Å². The summed E-state index contributed by atoms with van der Waals surface area (Å²) >= 11 is 0. The Kier molecular flexibility index (Phi) is 19.2. The Labute approximate surface area is 220 Å². The summed E-state index contributed by atoms with van der Waals surface area (Å²) in [6.07, 6.45) is 13.5. The van der Waals surface area contributed by atoms with Crippen LogP contribution in [0.3, 0.4) is 0 Å². The molecule has 0 bridgehead atoms. The molecule has 0 amide bonds. The molecule has 1 aromatic heterocycles. The fraction of sp³-hybridized carbons (Fsp3) is 0.889. The molecule has 36 heavy (non-hydrogen) atoms. The van der Waals surface area contributed by atoms with Crippen molar-refractivity contribution in [3.8, 4) is 0 Å². The minimum atomic E-state index is 0.0267. The monoisotopic (exact) mass is 510 g/mol. The highest BCUT2D eigenvalue weighted by Gasteiger charge is 2.20. The molecule has 0 aliphatic rings. The maximum Gasteiger partial charge on any atom is 0.232 e. The summed E-state index contributed by atoms with van der Waals surface area (Å²) in [5.41, 5.74) is 0. The average Bonchev–Trinajstić information content (AvgIpc) is 2.89. The van der Waals surface area contributed by atoms with Crippen LogP contribution in [0.4, 0.5) is 17.8 Å². The van der Waals surface area contributed by atoms with Crippen molar-refractivity contribution >= 4 is 17.8 Å². The van der Waals surface area contributed by atoms with Crippen LogP contribution in [0.2, 0.25) is 0 Å². The van der Waals surface area contributed by atoms with Gasteiger partial charge < -0.3 is 30.0 Å². The van der Waals surface area contributed by atoms with Gasteiger partial charge in [0.2, 0.25) is 17.8 Å². The lowest BCUT2D eigenvalue weighted by molar-refractivity contribution is 0.299. The van der Waals surface area contributed by atoms with Gasteiger partial charge in [-0.3, -0.25) is 0 Å². The van der Waals surface area contributed by atoms with Crippen molar-refractivity contribution in [1.82, 2.24) is 15.0 Å². The molecule has 1 aromatic rings. The zero-order valence-electron chi connectivity index (χ0n) is 23.4. The van der Waals surface area contributed by atoms with E-state index >= 15 is 0 Å². The molecule has 0 unspecified atom stereocenters. The van der Waals surface area contributed by atoms with E-state index < -0.39 is 0 Å². The van der Waals surface area contributed by atoms with Crippen molar-refractivity contribution < 1.29 is 15.3 Å². The molecule has 0 fully saturated rings. The third-order valence-corrected chi connectivity index (χ3v) is 6.40. The van der Waals surface area contributed by atoms with E-state index in [9.17, 15) is 15.3 Å². The Morgan fingerprint density at radius 2 is 0.694 bits per heavy atom. The summed E-state index contributed by atoms with van der Waals surface area (Å²) in [4.78, 5) is 20.7. The van der Waals surface area contributed by atoms with E-state index in [1.54, 1.807) is 0 Å². The normalized spacial score (nSPS) is 11.2. The van der Waals surface area contributed by atoms with Gasteiger partial charge in [-0.15, -0.1) is 0 Å². The molecule has 0 atom stereocenters. The number of aliphatic hydroxyl groups excluding tert-OH is 3. The molecule has 9 heteroatoms. The quantitative estimate of drug-likeness (QED) is 0.178. The summed E-state index contributed by atoms with van der Waals surface area (Å²) in [5, 5.41) is 29.3. The average molecular weight is 511 g/mol. The SMILES string of the molecule is CCCCCCN(CCO)c1nc(N(CCO)CCCCCC)nc(N(CCO)CCCCCC)n1. The van der Waals surface area contributed by atoms with Crippen molar-refractivity contribution in [1.29, 1.82) is 0 Å². The summed E-state index contributed by atoms with van der Waals surface area (Å²) < 4.78 is 0. The van der Waals surface area contributed by atoms with Crippen molar-refractivity contribution in [3.05, 3.63) is 0 Å². The number of anilines is 3. The van der Waals surface area contributed by atoms with E-state index in [-0.39, 0.29) is 19.8 Å². The van der Waals surface area contributed by atoms with Crippen LogP contribution < -0.4 is 14.7 Å². The van der Waals surface area contributed by atoms with Gasteiger partial charge in [0.15, 0.2) is 0 Å². The molecule has 1 heterocycles.